The van der Waals surface area contributed by atoms with Crippen molar-refractivity contribution in [1.29, 1.82) is 0 Å². The zero-order valence-corrected chi connectivity index (χ0v) is 19.3. The van der Waals surface area contributed by atoms with Gasteiger partial charge < -0.3 is 20.7 Å². The number of anilines is 1. The second kappa shape index (κ2) is 12.2. The first-order valence-electron chi connectivity index (χ1n) is 11.0. The Morgan fingerprint density at radius 1 is 0.853 bits per heavy atom. The van der Waals surface area contributed by atoms with Crippen LogP contribution in [0.5, 0.6) is 5.75 Å². The van der Waals surface area contributed by atoms with Crippen LogP contribution in [0.25, 0.3) is 0 Å². The van der Waals surface area contributed by atoms with E-state index in [1.54, 1.807) is 37.4 Å². The molecule has 0 aromatic heterocycles. The van der Waals surface area contributed by atoms with E-state index in [0.29, 0.717) is 18.0 Å². The minimum absolute atomic E-state index is 0.137. The largest absolute Gasteiger partial charge is 0.497 e. The lowest BCUT2D eigenvalue weighted by Crippen LogP contribution is -2.48. The van der Waals surface area contributed by atoms with Crippen LogP contribution in [0.15, 0.2) is 78.9 Å². The Bertz CT molecular complexity index is 1110. The third kappa shape index (κ3) is 7.78. The molecule has 176 valence electrons. The van der Waals surface area contributed by atoms with E-state index in [0.717, 1.165) is 16.7 Å². The predicted molar refractivity (Wildman–Crippen MR) is 131 cm³/mol. The normalized spacial score (nSPS) is 11.2. The molecular formula is C27H29N3O4. The van der Waals surface area contributed by atoms with Gasteiger partial charge in [-0.2, -0.15) is 0 Å². The molecule has 3 rings (SSSR count). The zero-order chi connectivity index (χ0) is 24.3. The topological polar surface area (TPSA) is 96.5 Å². The fourth-order valence-electron chi connectivity index (χ4n) is 3.51. The molecule has 0 bridgehead atoms. The van der Waals surface area contributed by atoms with Crippen LogP contribution in [0.4, 0.5) is 5.69 Å². The van der Waals surface area contributed by atoms with Crippen molar-refractivity contribution in [2.75, 3.05) is 12.4 Å². The van der Waals surface area contributed by atoms with E-state index < -0.39 is 6.04 Å². The Hall–Kier alpha value is -4.13. The van der Waals surface area contributed by atoms with Crippen LogP contribution in [0.2, 0.25) is 0 Å². The predicted octanol–water partition coefficient (Wildman–Crippen LogP) is 3.24. The van der Waals surface area contributed by atoms with E-state index >= 15 is 0 Å². The number of hydrogen-bond acceptors (Lipinski definition) is 4. The van der Waals surface area contributed by atoms with Gasteiger partial charge in [0.05, 0.1) is 13.5 Å². The molecule has 0 aliphatic heterocycles. The Balaban J connectivity index is 1.71. The molecule has 0 aliphatic carbocycles. The van der Waals surface area contributed by atoms with Gasteiger partial charge in [0, 0.05) is 25.6 Å². The SMILES string of the molecule is COc1ccc(CC(=O)N[C@H](Cc2cccc(NC(C)=O)c2)C(=O)NCc2ccccc2)cc1. The lowest BCUT2D eigenvalue weighted by molar-refractivity contribution is -0.128. The van der Waals surface area contributed by atoms with Crippen LogP contribution in [-0.4, -0.2) is 30.9 Å². The van der Waals surface area contributed by atoms with Crippen molar-refractivity contribution in [1.82, 2.24) is 10.6 Å². The third-order valence-corrected chi connectivity index (χ3v) is 5.17. The molecule has 34 heavy (non-hydrogen) atoms. The molecule has 7 heteroatoms. The lowest BCUT2D eigenvalue weighted by Gasteiger charge is -2.19. The standard InChI is InChI=1S/C27H29N3O4/c1-19(31)29-23-10-6-9-22(15-23)16-25(27(33)28-18-21-7-4-3-5-8-21)30-26(32)17-20-11-13-24(34-2)14-12-20/h3-15,25H,16-18H2,1-2H3,(H,28,33)(H,29,31)(H,30,32)/t25-/m1/s1. The highest BCUT2D eigenvalue weighted by Gasteiger charge is 2.21. The highest BCUT2D eigenvalue weighted by atomic mass is 16.5. The number of amides is 3. The number of carbonyl (C=O) groups excluding carboxylic acids is 3. The molecule has 3 amide bonds. The number of nitrogens with one attached hydrogen (secondary N) is 3. The number of hydrogen-bond donors (Lipinski definition) is 3. The summed E-state index contributed by atoms with van der Waals surface area (Å²) in [7, 11) is 1.58. The van der Waals surface area contributed by atoms with Crippen molar-refractivity contribution in [3.8, 4) is 5.75 Å². The summed E-state index contributed by atoms with van der Waals surface area (Å²) in [5.74, 6) is -0.0108. The maximum Gasteiger partial charge on any atom is 0.243 e. The van der Waals surface area contributed by atoms with E-state index in [1.165, 1.54) is 6.92 Å². The Labute approximate surface area is 199 Å². The number of benzene rings is 3. The van der Waals surface area contributed by atoms with Crippen molar-refractivity contribution in [3.63, 3.8) is 0 Å². The fraction of sp³-hybridized carbons (Fsp3) is 0.222. The summed E-state index contributed by atoms with van der Waals surface area (Å²) < 4.78 is 5.15. The highest BCUT2D eigenvalue weighted by Crippen LogP contribution is 2.14. The summed E-state index contributed by atoms with van der Waals surface area (Å²) in [5, 5.41) is 8.52. The average molecular weight is 460 g/mol. The van der Waals surface area contributed by atoms with Gasteiger partial charge in [0.2, 0.25) is 17.7 Å². The van der Waals surface area contributed by atoms with E-state index in [1.807, 2.05) is 48.5 Å². The summed E-state index contributed by atoms with van der Waals surface area (Å²) in [6, 6.07) is 23.3. The number of methoxy groups -OCH3 is 1. The summed E-state index contributed by atoms with van der Waals surface area (Å²) in [6.07, 6.45) is 0.417. The van der Waals surface area contributed by atoms with E-state index in [4.69, 9.17) is 4.74 Å². The quantitative estimate of drug-likeness (QED) is 0.434. The number of ether oxygens (including phenoxy) is 1. The molecule has 1 atom stereocenters. The molecule has 7 nitrogen and oxygen atoms in total. The van der Waals surface area contributed by atoms with E-state index in [9.17, 15) is 14.4 Å². The first-order valence-corrected chi connectivity index (χ1v) is 11.0. The maximum atomic E-state index is 13.0. The molecule has 3 aromatic rings. The van der Waals surface area contributed by atoms with E-state index in [-0.39, 0.29) is 30.6 Å². The minimum Gasteiger partial charge on any atom is -0.497 e. The van der Waals surface area contributed by atoms with Gasteiger partial charge in [-0.1, -0.05) is 54.6 Å². The van der Waals surface area contributed by atoms with Gasteiger partial charge >= 0.3 is 0 Å². The molecule has 3 N–H and O–H groups in total. The smallest absolute Gasteiger partial charge is 0.243 e. The lowest BCUT2D eigenvalue weighted by atomic mass is 10.0. The molecular weight excluding hydrogens is 430 g/mol. The van der Waals surface area contributed by atoms with Crippen LogP contribution < -0.4 is 20.7 Å². The first kappa shape index (κ1) is 24.5. The number of rotatable bonds is 10. The third-order valence-electron chi connectivity index (χ3n) is 5.17. The van der Waals surface area contributed by atoms with Gasteiger partial charge in [-0.3, -0.25) is 14.4 Å². The second-order valence-corrected chi connectivity index (χ2v) is 7.93. The van der Waals surface area contributed by atoms with Crippen LogP contribution >= 0.6 is 0 Å². The van der Waals surface area contributed by atoms with Gasteiger partial charge in [0.1, 0.15) is 11.8 Å². The molecule has 0 radical (unpaired) electrons. The molecule has 0 aliphatic rings. The molecule has 0 saturated carbocycles. The summed E-state index contributed by atoms with van der Waals surface area (Å²) in [5.41, 5.74) is 3.23. The van der Waals surface area contributed by atoms with Gasteiger partial charge in [0.15, 0.2) is 0 Å². The highest BCUT2D eigenvalue weighted by molar-refractivity contribution is 5.89. The fourth-order valence-corrected chi connectivity index (χ4v) is 3.51. The Kier molecular flexibility index (Phi) is 8.80. The monoisotopic (exact) mass is 459 g/mol. The van der Waals surface area contributed by atoms with Crippen molar-refractivity contribution in [2.24, 2.45) is 0 Å². The Morgan fingerprint density at radius 3 is 2.24 bits per heavy atom. The van der Waals surface area contributed by atoms with Gasteiger partial charge in [0.25, 0.3) is 0 Å². The number of carbonyl (C=O) groups is 3. The molecule has 0 heterocycles. The van der Waals surface area contributed by atoms with Crippen molar-refractivity contribution in [2.45, 2.75) is 32.4 Å². The summed E-state index contributed by atoms with van der Waals surface area (Å²) in [4.78, 5) is 37.2. The van der Waals surface area contributed by atoms with Crippen LogP contribution in [0.3, 0.4) is 0 Å². The average Bonchev–Trinajstić information content (AvgIpc) is 2.83. The van der Waals surface area contributed by atoms with Gasteiger partial charge in [-0.15, -0.1) is 0 Å². The Morgan fingerprint density at radius 2 is 1.56 bits per heavy atom. The van der Waals surface area contributed by atoms with Crippen LogP contribution in [0, 0.1) is 0 Å². The van der Waals surface area contributed by atoms with Crippen LogP contribution in [0.1, 0.15) is 23.6 Å². The van der Waals surface area contributed by atoms with E-state index in [2.05, 4.69) is 16.0 Å². The van der Waals surface area contributed by atoms with Gasteiger partial charge in [-0.25, -0.2) is 0 Å². The van der Waals surface area contributed by atoms with Gasteiger partial charge in [-0.05, 0) is 41.0 Å². The van der Waals surface area contributed by atoms with Crippen molar-refractivity contribution < 1.29 is 19.1 Å². The molecule has 3 aromatic carbocycles. The van der Waals surface area contributed by atoms with Crippen molar-refractivity contribution >= 4 is 23.4 Å². The molecule has 0 fully saturated rings. The molecule has 0 spiro atoms. The minimum atomic E-state index is -0.776. The molecule has 0 unspecified atom stereocenters. The summed E-state index contributed by atoms with van der Waals surface area (Å²) in [6.45, 7) is 1.79. The van der Waals surface area contributed by atoms with Crippen LogP contribution in [-0.2, 0) is 33.8 Å². The summed E-state index contributed by atoms with van der Waals surface area (Å²) >= 11 is 0. The zero-order valence-electron chi connectivity index (χ0n) is 19.3. The second-order valence-electron chi connectivity index (χ2n) is 7.93. The van der Waals surface area contributed by atoms with Crippen molar-refractivity contribution in [3.05, 3.63) is 95.6 Å². The molecule has 0 saturated heterocycles. The maximum absolute atomic E-state index is 13.0. The first-order chi connectivity index (χ1) is 16.4.